The predicted molar refractivity (Wildman–Crippen MR) is 173 cm³/mol. The quantitative estimate of drug-likeness (QED) is 0.149. The van der Waals surface area contributed by atoms with Gasteiger partial charge in [0.1, 0.15) is 12.2 Å². The fourth-order valence-corrected chi connectivity index (χ4v) is 10.1. The third-order valence-corrected chi connectivity index (χ3v) is 12.6. The van der Waals surface area contributed by atoms with Crippen molar-refractivity contribution in [2.24, 2.45) is 46.3 Å². The number of alkyl carbamates (subject to hydrolysis) is 1. The molecule has 0 bridgehead atoms. The van der Waals surface area contributed by atoms with Crippen LogP contribution in [-0.4, -0.2) is 66.8 Å². The van der Waals surface area contributed by atoms with Gasteiger partial charge in [-0.3, -0.25) is 4.79 Å². The maximum atomic E-state index is 12.6. The first-order valence-electron chi connectivity index (χ1n) is 17.6. The van der Waals surface area contributed by atoms with E-state index in [9.17, 15) is 19.8 Å². The number of allylic oxidation sites excluding steroid dienone is 1. The molecule has 4 aliphatic carbocycles. The Morgan fingerprint density at radius 2 is 1.70 bits per heavy atom. The first-order chi connectivity index (χ1) is 20.8. The highest BCUT2D eigenvalue weighted by molar-refractivity contribution is 5.81. The van der Waals surface area contributed by atoms with Crippen molar-refractivity contribution in [2.75, 3.05) is 20.2 Å². The molecule has 0 saturated heterocycles. The molecule has 8 heteroatoms. The van der Waals surface area contributed by atoms with E-state index in [-0.39, 0.29) is 24.6 Å². The minimum Gasteiger partial charge on any atom is -0.446 e. The first-order valence-corrected chi connectivity index (χ1v) is 17.6. The number of fused-ring (bicyclic) bond motifs is 5. The van der Waals surface area contributed by atoms with Crippen molar-refractivity contribution in [3.63, 3.8) is 0 Å². The van der Waals surface area contributed by atoms with E-state index < -0.39 is 30.3 Å². The first kappa shape index (κ1) is 35.2. The van der Waals surface area contributed by atoms with Crippen LogP contribution in [0.5, 0.6) is 0 Å². The summed E-state index contributed by atoms with van der Waals surface area (Å²) in [5.74, 6) is 4.18. The van der Waals surface area contributed by atoms with Gasteiger partial charge in [-0.05, 0) is 98.2 Å². The Balaban J connectivity index is 1.26. The Kier molecular flexibility index (Phi) is 11.9. The third-order valence-electron chi connectivity index (χ3n) is 12.6. The molecule has 8 nitrogen and oxygen atoms in total. The van der Waals surface area contributed by atoms with E-state index in [1.165, 1.54) is 71.0 Å². The number of carbonyl (C=O) groups excluding carboxylic acids is 2. The topological polar surface area (TPSA) is 117 Å². The zero-order chi connectivity index (χ0) is 32.2. The van der Waals surface area contributed by atoms with Crippen LogP contribution in [0.4, 0.5) is 4.79 Å². The van der Waals surface area contributed by atoms with Crippen LogP contribution in [0, 0.1) is 46.3 Å². The molecule has 0 heterocycles. The number of aliphatic hydroxyl groups excluding tert-OH is 2. The molecule has 3 saturated carbocycles. The van der Waals surface area contributed by atoms with Gasteiger partial charge in [0.15, 0.2) is 6.10 Å². The van der Waals surface area contributed by atoms with Gasteiger partial charge in [0, 0.05) is 26.6 Å². The van der Waals surface area contributed by atoms with E-state index in [4.69, 9.17) is 9.47 Å². The molecule has 4 aliphatic rings. The van der Waals surface area contributed by atoms with Crippen molar-refractivity contribution >= 4 is 12.0 Å². The smallest absolute Gasteiger partial charge is 0.407 e. The molecule has 3 fully saturated rings. The van der Waals surface area contributed by atoms with E-state index in [2.05, 4.69) is 51.3 Å². The Bertz CT molecular complexity index is 1010. The molecule has 0 radical (unpaired) electrons. The van der Waals surface area contributed by atoms with Crippen LogP contribution in [0.3, 0.4) is 0 Å². The highest BCUT2D eigenvalue weighted by Gasteiger charge is 2.59. The lowest BCUT2D eigenvalue weighted by atomic mass is 9.47. The number of methoxy groups -OCH3 is 1. The van der Waals surface area contributed by atoms with Crippen LogP contribution in [0.2, 0.25) is 0 Å². The predicted octanol–water partition coefficient (Wildman–Crippen LogP) is 6.00. The number of carbonyl (C=O) groups is 2. The van der Waals surface area contributed by atoms with Gasteiger partial charge in [-0.2, -0.15) is 0 Å². The molecule has 0 spiro atoms. The number of rotatable bonds is 13. The Morgan fingerprint density at radius 1 is 0.977 bits per heavy atom. The van der Waals surface area contributed by atoms with Crippen molar-refractivity contribution in [2.45, 2.75) is 137 Å². The Labute approximate surface area is 266 Å². The summed E-state index contributed by atoms with van der Waals surface area (Å²) in [6.45, 7) is 14.1. The lowest BCUT2D eigenvalue weighted by Gasteiger charge is -2.58. The normalized spacial score (nSPS) is 35.8. The summed E-state index contributed by atoms with van der Waals surface area (Å²) in [5, 5.41) is 25.0. The zero-order valence-corrected chi connectivity index (χ0v) is 28.6. The molecule has 11 atom stereocenters. The fraction of sp³-hybridized carbons (Fsp3) is 0.889. The second kappa shape index (κ2) is 14.8. The second-order valence-corrected chi connectivity index (χ2v) is 15.7. The van der Waals surface area contributed by atoms with Gasteiger partial charge in [0.05, 0.1) is 6.10 Å². The summed E-state index contributed by atoms with van der Waals surface area (Å²) in [6.07, 6.45) is 11.9. The standard InChI is InChI=1S/C36H62N2O6/c1-22(2)9-8-10-23(3)28-13-14-29-27-12-11-25-21-26(15-17-35(25,5)30(27)16-18-36(28,29)6)44-34(42)38-20-19-37-33(41)31(40)32(43-7)24(4)39/h11,22-24,26-32,39-40H,8-10,12-21H2,1-7H3,(H,37,41)(H,38,42)/t23?,24?,26?,27?,28?,29?,30?,31?,32-,35+,36-/m0/s1. The lowest BCUT2D eigenvalue weighted by molar-refractivity contribution is -0.142. The fourth-order valence-electron chi connectivity index (χ4n) is 10.1. The van der Waals surface area contributed by atoms with Crippen LogP contribution in [0.15, 0.2) is 11.6 Å². The van der Waals surface area contributed by atoms with Crippen LogP contribution < -0.4 is 10.6 Å². The average Bonchev–Trinajstić information content (AvgIpc) is 3.32. The molecule has 2 amide bonds. The number of hydrogen-bond acceptors (Lipinski definition) is 6. The van der Waals surface area contributed by atoms with Crippen molar-refractivity contribution in [1.82, 2.24) is 10.6 Å². The van der Waals surface area contributed by atoms with E-state index >= 15 is 0 Å². The summed E-state index contributed by atoms with van der Waals surface area (Å²) in [6, 6.07) is 0. The average molecular weight is 619 g/mol. The van der Waals surface area contributed by atoms with Crippen LogP contribution in [0.25, 0.3) is 0 Å². The third kappa shape index (κ3) is 7.49. The molecular formula is C36H62N2O6. The summed E-state index contributed by atoms with van der Waals surface area (Å²) in [5.41, 5.74) is 2.19. The van der Waals surface area contributed by atoms with Crippen molar-refractivity contribution in [3.05, 3.63) is 11.6 Å². The van der Waals surface area contributed by atoms with E-state index in [1.54, 1.807) is 0 Å². The maximum absolute atomic E-state index is 12.6. The molecule has 44 heavy (non-hydrogen) atoms. The minimum atomic E-state index is -1.50. The van der Waals surface area contributed by atoms with Crippen LogP contribution in [-0.2, 0) is 14.3 Å². The molecular weight excluding hydrogens is 556 g/mol. The number of amides is 2. The van der Waals surface area contributed by atoms with Gasteiger partial charge in [-0.25, -0.2) is 4.79 Å². The van der Waals surface area contributed by atoms with Gasteiger partial charge in [0.2, 0.25) is 0 Å². The minimum absolute atomic E-state index is 0.132. The van der Waals surface area contributed by atoms with Gasteiger partial charge in [-0.1, -0.05) is 65.5 Å². The Morgan fingerprint density at radius 3 is 2.39 bits per heavy atom. The van der Waals surface area contributed by atoms with Crippen molar-refractivity contribution in [3.8, 4) is 0 Å². The summed E-state index contributed by atoms with van der Waals surface area (Å²) >= 11 is 0. The van der Waals surface area contributed by atoms with Gasteiger partial charge in [0.25, 0.3) is 5.91 Å². The monoisotopic (exact) mass is 618 g/mol. The highest BCUT2D eigenvalue weighted by Crippen LogP contribution is 2.67. The number of ether oxygens (including phenoxy) is 2. The van der Waals surface area contributed by atoms with Gasteiger partial charge < -0.3 is 30.3 Å². The van der Waals surface area contributed by atoms with Crippen LogP contribution >= 0.6 is 0 Å². The summed E-state index contributed by atoms with van der Waals surface area (Å²) < 4.78 is 10.8. The molecule has 4 N–H and O–H groups in total. The second-order valence-electron chi connectivity index (χ2n) is 15.7. The molecule has 0 aliphatic heterocycles. The summed E-state index contributed by atoms with van der Waals surface area (Å²) in [7, 11) is 1.33. The van der Waals surface area contributed by atoms with Crippen LogP contribution in [0.1, 0.15) is 112 Å². The van der Waals surface area contributed by atoms with Crippen molar-refractivity contribution < 1.29 is 29.3 Å². The molecule has 0 aromatic heterocycles. The zero-order valence-electron chi connectivity index (χ0n) is 28.6. The van der Waals surface area contributed by atoms with Crippen molar-refractivity contribution in [1.29, 1.82) is 0 Å². The van der Waals surface area contributed by atoms with Gasteiger partial charge >= 0.3 is 6.09 Å². The molecule has 8 unspecified atom stereocenters. The SMILES string of the molecule is CO[C@@H](C(C)O)C(O)C(=O)NCCNC(=O)OC1CC[C@]2(C)C(=CCC3C4CCC(C(C)CCCC(C)C)[C@]4(C)CCC32)C1. The Hall–Kier alpha value is -1.64. The molecule has 252 valence electrons. The van der Waals surface area contributed by atoms with E-state index in [1.807, 2.05) is 0 Å². The highest BCUT2D eigenvalue weighted by atomic mass is 16.6. The molecule has 0 aromatic rings. The lowest BCUT2D eigenvalue weighted by Crippen LogP contribution is -2.51. The molecule has 4 rings (SSSR count). The largest absolute Gasteiger partial charge is 0.446 e. The number of aliphatic hydroxyl groups is 2. The summed E-state index contributed by atoms with van der Waals surface area (Å²) in [4.78, 5) is 24.7. The molecule has 0 aromatic carbocycles. The van der Waals surface area contributed by atoms with E-state index in [0.29, 0.717) is 5.41 Å². The van der Waals surface area contributed by atoms with E-state index in [0.717, 1.165) is 54.8 Å². The van der Waals surface area contributed by atoms with Gasteiger partial charge in [-0.15, -0.1) is 0 Å². The number of nitrogens with one attached hydrogen (secondary N) is 2. The maximum Gasteiger partial charge on any atom is 0.407 e. The number of hydrogen-bond donors (Lipinski definition) is 4.